The van der Waals surface area contributed by atoms with Crippen molar-refractivity contribution in [3.63, 3.8) is 0 Å². The van der Waals surface area contributed by atoms with Crippen LogP contribution in [0.2, 0.25) is 0 Å². The van der Waals surface area contributed by atoms with Crippen molar-refractivity contribution in [3.05, 3.63) is 0 Å². The van der Waals surface area contributed by atoms with Gasteiger partial charge in [0.05, 0.1) is 12.1 Å². The predicted octanol–water partition coefficient (Wildman–Crippen LogP) is -0.0194. The average molecular weight is 240 g/mol. The fourth-order valence-corrected chi connectivity index (χ4v) is 2.77. The van der Waals surface area contributed by atoms with Crippen LogP contribution in [0, 0.1) is 0 Å². The van der Waals surface area contributed by atoms with Gasteiger partial charge >= 0.3 is 11.8 Å². The van der Waals surface area contributed by atoms with Gasteiger partial charge in [0, 0.05) is 19.6 Å². The molecule has 1 N–H and O–H groups in total. The van der Waals surface area contributed by atoms with E-state index in [0.717, 1.165) is 25.7 Å². The maximum Gasteiger partial charge on any atom is 0.312 e. The van der Waals surface area contributed by atoms with Crippen molar-refractivity contribution in [2.24, 2.45) is 0 Å². The maximum atomic E-state index is 12.0. The quantitative estimate of drug-likeness (QED) is 0.705. The SMILES string of the molecule is CCCN1CCN([C@H]2CCC[C@@H]2O)C(=O)C1=O. The summed E-state index contributed by atoms with van der Waals surface area (Å²) in [5.74, 6) is -0.840. The second kappa shape index (κ2) is 5.04. The van der Waals surface area contributed by atoms with Crippen molar-refractivity contribution in [3.8, 4) is 0 Å². The summed E-state index contributed by atoms with van der Waals surface area (Å²) >= 11 is 0. The highest BCUT2D eigenvalue weighted by atomic mass is 16.3. The number of aliphatic hydroxyl groups is 1. The van der Waals surface area contributed by atoms with Gasteiger partial charge in [-0.3, -0.25) is 9.59 Å². The lowest BCUT2D eigenvalue weighted by Gasteiger charge is -2.38. The van der Waals surface area contributed by atoms with Gasteiger partial charge in [-0.2, -0.15) is 0 Å². The molecule has 0 bridgehead atoms. The first-order valence-corrected chi connectivity index (χ1v) is 6.43. The third-order valence-electron chi connectivity index (χ3n) is 3.68. The van der Waals surface area contributed by atoms with E-state index < -0.39 is 17.9 Å². The van der Waals surface area contributed by atoms with Gasteiger partial charge in [0.1, 0.15) is 0 Å². The van der Waals surface area contributed by atoms with Gasteiger partial charge in [0.2, 0.25) is 0 Å². The summed E-state index contributed by atoms with van der Waals surface area (Å²) in [5, 5.41) is 9.80. The number of carbonyl (C=O) groups excluding carboxylic acids is 2. The highest BCUT2D eigenvalue weighted by molar-refractivity contribution is 6.35. The van der Waals surface area contributed by atoms with Crippen LogP contribution < -0.4 is 0 Å². The van der Waals surface area contributed by atoms with E-state index in [-0.39, 0.29) is 6.04 Å². The summed E-state index contributed by atoms with van der Waals surface area (Å²) in [5.41, 5.74) is 0. The number of hydrogen-bond donors (Lipinski definition) is 1. The predicted molar refractivity (Wildman–Crippen MR) is 62.2 cm³/mol. The molecule has 1 aliphatic heterocycles. The fourth-order valence-electron chi connectivity index (χ4n) is 2.77. The monoisotopic (exact) mass is 240 g/mol. The van der Waals surface area contributed by atoms with Crippen LogP contribution in [-0.2, 0) is 9.59 Å². The number of rotatable bonds is 3. The van der Waals surface area contributed by atoms with E-state index in [1.165, 1.54) is 0 Å². The number of amides is 2. The molecule has 0 aromatic carbocycles. The maximum absolute atomic E-state index is 12.0. The summed E-state index contributed by atoms with van der Waals surface area (Å²) in [6.45, 7) is 3.80. The molecule has 1 aliphatic carbocycles. The molecule has 0 unspecified atom stereocenters. The van der Waals surface area contributed by atoms with Crippen molar-refractivity contribution >= 4 is 11.8 Å². The largest absolute Gasteiger partial charge is 0.391 e. The zero-order valence-corrected chi connectivity index (χ0v) is 10.3. The first kappa shape index (κ1) is 12.4. The molecule has 5 nitrogen and oxygen atoms in total. The molecule has 0 radical (unpaired) electrons. The van der Waals surface area contributed by atoms with Gasteiger partial charge in [-0.1, -0.05) is 6.92 Å². The minimum absolute atomic E-state index is 0.143. The first-order valence-electron chi connectivity index (χ1n) is 6.43. The van der Waals surface area contributed by atoms with Gasteiger partial charge in [0.15, 0.2) is 0 Å². The van der Waals surface area contributed by atoms with E-state index in [0.29, 0.717) is 19.6 Å². The lowest BCUT2D eigenvalue weighted by molar-refractivity contribution is -0.159. The molecular weight excluding hydrogens is 220 g/mol. The Balaban J connectivity index is 2.03. The summed E-state index contributed by atoms with van der Waals surface area (Å²) in [4.78, 5) is 27.0. The average Bonchev–Trinajstić information content (AvgIpc) is 2.72. The number of piperazine rings is 1. The molecular formula is C12H20N2O3. The standard InChI is InChI=1S/C12H20N2O3/c1-2-6-13-7-8-14(12(17)11(13)16)9-4-3-5-10(9)15/h9-10,15H,2-8H2,1H3/t9-,10-/m0/s1. The molecule has 17 heavy (non-hydrogen) atoms. The molecule has 1 saturated heterocycles. The summed E-state index contributed by atoms with van der Waals surface area (Å²) in [7, 11) is 0. The van der Waals surface area contributed by atoms with Crippen LogP contribution in [0.15, 0.2) is 0 Å². The molecule has 1 saturated carbocycles. The third kappa shape index (κ3) is 2.29. The van der Waals surface area contributed by atoms with Crippen molar-refractivity contribution in [1.29, 1.82) is 0 Å². The fraction of sp³-hybridized carbons (Fsp3) is 0.833. The topological polar surface area (TPSA) is 60.9 Å². The molecule has 1 heterocycles. The van der Waals surface area contributed by atoms with Crippen LogP contribution >= 0.6 is 0 Å². The zero-order chi connectivity index (χ0) is 12.4. The molecule has 0 spiro atoms. The Morgan fingerprint density at radius 3 is 2.59 bits per heavy atom. The van der Waals surface area contributed by atoms with Crippen LogP contribution in [-0.4, -0.2) is 58.5 Å². The van der Waals surface area contributed by atoms with Crippen LogP contribution in [0.4, 0.5) is 0 Å². The van der Waals surface area contributed by atoms with E-state index >= 15 is 0 Å². The van der Waals surface area contributed by atoms with Gasteiger partial charge in [-0.15, -0.1) is 0 Å². The van der Waals surface area contributed by atoms with Gasteiger partial charge in [0.25, 0.3) is 0 Å². The van der Waals surface area contributed by atoms with E-state index in [4.69, 9.17) is 0 Å². The minimum Gasteiger partial charge on any atom is -0.391 e. The van der Waals surface area contributed by atoms with Crippen LogP contribution in [0.1, 0.15) is 32.6 Å². The van der Waals surface area contributed by atoms with Crippen molar-refractivity contribution < 1.29 is 14.7 Å². The van der Waals surface area contributed by atoms with Crippen molar-refractivity contribution in [2.45, 2.75) is 44.8 Å². The molecule has 0 aromatic rings. The van der Waals surface area contributed by atoms with E-state index in [1.54, 1.807) is 9.80 Å². The normalized spacial score (nSPS) is 30.2. The number of nitrogens with zero attached hydrogens (tertiary/aromatic N) is 2. The molecule has 0 aromatic heterocycles. The van der Waals surface area contributed by atoms with Gasteiger partial charge in [-0.05, 0) is 25.7 Å². The highest BCUT2D eigenvalue weighted by Gasteiger charge is 2.40. The second-order valence-electron chi connectivity index (χ2n) is 4.86. The van der Waals surface area contributed by atoms with Crippen LogP contribution in [0.25, 0.3) is 0 Å². The second-order valence-corrected chi connectivity index (χ2v) is 4.86. The molecule has 2 amide bonds. The molecule has 96 valence electrons. The first-order chi connectivity index (χ1) is 8.15. The van der Waals surface area contributed by atoms with Gasteiger partial charge in [-0.25, -0.2) is 0 Å². The summed E-state index contributed by atoms with van der Waals surface area (Å²) in [6, 6.07) is -0.143. The molecule has 2 fully saturated rings. The Kier molecular flexibility index (Phi) is 3.66. The molecule has 2 atom stereocenters. The lowest BCUT2D eigenvalue weighted by atomic mass is 10.1. The Bertz CT molecular complexity index is 319. The van der Waals surface area contributed by atoms with E-state index in [2.05, 4.69) is 0 Å². The summed E-state index contributed by atoms with van der Waals surface area (Å²) in [6.07, 6.45) is 2.90. The smallest absolute Gasteiger partial charge is 0.312 e. The third-order valence-corrected chi connectivity index (χ3v) is 3.68. The number of hydrogen-bond acceptors (Lipinski definition) is 3. The van der Waals surface area contributed by atoms with Crippen LogP contribution in [0.5, 0.6) is 0 Å². The Morgan fingerprint density at radius 2 is 2.00 bits per heavy atom. The molecule has 5 heteroatoms. The lowest BCUT2D eigenvalue weighted by Crippen LogP contribution is -2.58. The van der Waals surface area contributed by atoms with Gasteiger partial charge < -0.3 is 14.9 Å². The van der Waals surface area contributed by atoms with Crippen LogP contribution in [0.3, 0.4) is 0 Å². The highest BCUT2D eigenvalue weighted by Crippen LogP contribution is 2.25. The zero-order valence-electron chi connectivity index (χ0n) is 10.3. The Hall–Kier alpha value is -1.10. The van der Waals surface area contributed by atoms with Crippen molar-refractivity contribution in [2.75, 3.05) is 19.6 Å². The van der Waals surface area contributed by atoms with Crippen molar-refractivity contribution in [1.82, 2.24) is 9.80 Å². The Labute approximate surface area is 101 Å². The number of aliphatic hydroxyl groups excluding tert-OH is 1. The van der Waals surface area contributed by atoms with E-state index in [9.17, 15) is 14.7 Å². The summed E-state index contributed by atoms with van der Waals surface area (Å²) < 4.78 is 0. The minimum atomic E-state index is -0.454. The molecule has 2 rings (SSSR count). The molecule has 2 aliphatic rings. The Morgan fingerprint density at radius 1 is 1.24 bits per heavy atom. The number of carbonyl (C=O) groups is 2. The van der Waals surface area contributed by atoms with E-state index in [1.807, 2.05) is 6.92 Å².